The van der Waals surface area contributed by atoms with Crippen LogP contribution in [0.2, 0.25) is 0 Å². The van der Waals surface area contributed by atoms with Gasteiger partial charge in [-0.1, -0.05) is 6.92 Å². The summed E-state index contributed by atoms with van der Waals surface area (Å²) >= 11 is 0. The Bertz CT molecular complexity index is 207. The molecule has 1 aliphatic rings. The zero-order chi connectivity index (χ0) is 10.4. The molecule has 1 aliphatic heterocycles. The van der Waals surface area contributed by atoms with Crippen LogP contribution in [0.5, 0.6) is 0 Å². The molecule has 2 N–H and O–H groups in total. The summed E-state index contributed by atoms with van der Waals surface area (Å²) in [5, 5.41) is 0. The number of rotatable bonds is 3. The van der Waals surface area contributed by atoms with Crippen LogP contribution < -0.4 is 5.73 Å². The SMILES string of the molecule is CCCC(=O)N1CCC(N=CN)CC1. The van der Waals surface area contributed by atoms with Crippen molar-refractivity contribution in [2.75, 3.05) is 13.1 Å². The first-order chi connectivity index (χ1) is 6.77. The molecule has 1 heterocycles. The van der Waals surface area contributed by atoms with E-state index in [0.29, 0.717) is 12.5 Å². The lowest BCUT2D eigenvalue weighted by Gasteiger charge is -2.30. The van der Waals surface area contributed by atoms with Gasteiger partial charge in [-0.15, -0.1) is 0 Å². The van der Waals surface area contributed by atoms with Gasteiger partial charge in [0.05, 0.1) is 12.4 Å². The van der Waals surface area contributed by atoms with Crippen LogP contribution in [0.25, 0.3) is 0 Å². The molecule has 80 valence electrons. The maximum absolute atomic E-state index is 11.5. The highest BCUT2D eigenvalue weighted by Crippen LogP contribution is 2.14. The lowest BCUT2D eigenvalue weighted by atomic mass is 10.1. The quantitative estimate of drug-likeness (QED) is 0.536. The molecule has 0 aliphatic carbocycles. The summed E-state index contributed by atoms with van der Waals surface area (Å²) in [4.78, 5) is 17.6. The van der Waals surface area contributed by atoms with Gasteiger partial charge in [0.1, 0.15) is 0 Å². The van der Waals surface area contributed by atoms with E-state index in [9.17, 15) is 4.79 Å². The first-order valence-electron chi connectivity index (χ1n) is 5.29. The summed E-state index contributed by atoms with van der Waals surface area (Å²) < 4.78 is 0. The number of hydrogen-bond donors (Lipinski definition) is 1. The van der Waals surface area contributed by atoms with Crippen LogP contribution in [0.15, 0.2) is 4.99 Å². The fourth-order valence-electron chi connectivity index (χ4n) is 1.76. The Morgan fingerprint density at radius 3 is 2.71 bits per heavy atom. The van der Waals surface area contributed by atoms with E-state index in [1.807, 2.05) is 11.8 Å². The van der Waals surface area contributed by atoms with Crippen molar-refractivity contribution < 1.29 is 4.79 Å². The zero-order valence-electron chi connectivity index (χ0n) is 8.78. The van der Waals surface area contributed by atoms with E-state index in [1.54, 1.807) is 0 Å². The Hall–Kier alpha value is -1.06. The van der Waals surface area contributed by atoms with E-state index in [0.717, 1.165) is 32.4 Å². The van der Waals surface area contributed by atoms with E-state index in [2.05, 4.69) is 4.99 Å². The van der Waals surface area contributed by atoms with Gasteiger partial charge in [0.2, 0.25) is 5.91 Å². The minimum Gasteiger partial charge on any atom is -0.390 e. The lowest BCUT2D eigenvalue weighted by Crippen LogP contribution is -2.39. The topological polar surface area (TPSA) is 58.7 Å². The number of nitrogens with zero attached hydrogens (tertiary/aromatic N) is 2. The second-order valence-corrected chi connectivity index (χ2v) is 3.66. The van der Waals surface area contributed by atoms with Crippen molar-refractivity contribution in [1.82, 2.24) is 4.90 Å². The van der Waals surface area contributed by atoms with E-state index >= 15 is 0 Å². The highest BCUT2D eigenvalue weighted by molar-refractivity contribution is 5.76. The Kier molecular flexibility index (Phi) is 4.43. The predicted molar refractivity (Wildman–Crippen MR) is 57.2 cm³/mol. The minimum atomic E-state index is 0.280. The van der Waals surface area contributed by atoms with Crippen LogP contribution in [0.3, 0.4) is 0 Å². The van der Waals surface area contributed by atoms with Gasteiger partial charge < -0.3 is 10.6 Å². The molecule has 0 aromatic carbocycles. The Morgan fingerprint density at radius 1 is 1.57 bits per heavy atom. The van der Waals surface area contributed by atoms with Crippen molar-refractivity contribution in [3.8, 4) is 0 Å². The second kappa shape index (κ2) is 5.62. The van der Waals surface area contributed by atoms with Gasteiger partial charge in [-0.2, -0.15) is 0 Å². The van der Waals surface area contributed by atoms with Crippen molar-refractivity contribution in [2.45, 2.75) is 38.6 Å². The largest absolute Gasteiger partial charge is 0.390 e. The van der Waals surface area contributed by atoms with Gasteiger partial charge in [-0.25, -0.2) is 0 Å². The first-order valence-corrected chi connectivity index (χ1v) is 5.29. The molecule has 0 radical (unpaired) electrons. The van der Waals surface area contributed by atoms with E-state index < -0.39 is 0 Å². The number of aliphatic imine (C=N–C) groups is 1. The Balaban J connectivity index is 2.31. The summed E-state index contributed by atoms with van der Waals surface area (Å²) in [5.74, 6) is 0.280. The lowest BCUT2D eigenvalue weighted by molar-refractivity contribution is -0.132. The fraction of sp³-hybridized carbons (Fsp3) is 0.800. The summed E-state index contributed by atoms with van der Waals surface area (Å²) in [6, 6.07) is 0.325. The van der Waals surface area contributed by atoms with Crippen molar-refractivity contribution in [1.29, 1.82) is 0 Å². The highest BCUT2D eigenvalue weighted by atomic mass is 16.2. The van der Waals surface area contributed by atoms with Crippen molar-refractivity contribution in [3.05, 3.63) is 0 Å². The number of nitrogens with two attached hydrogens (primary N) is 1. The standard InChI is InChI=1S/C10H19N3O/c1-2-3-10(14)13-6-4-9(5-7-13)12-8-11/h8-9H,2-7H2,1H3,(H2,11,12). The molecular formula is C10H19N3O. The third kappa shape index (κ3) is 3.01. The third-order valence-electron chi connectivity index (χ3n) is 2.58. The smallest absolute Gasteiger partial charge is 0.222 e. The van der Waals surface area contributed by atoms with Crippen LogP contribution >= 0.6 is 0 Å². The van der Waals surface area contributed by atoms with Crippen LogP contribution in [0.4, 0.5) is 0 Å². The molecule has 0 bridgehead atoms. The number of hydrogen-bond acceptors (Lipinski definition) is 2. The molecule has 0 saturated carbocycles. The summed E-state index contributed by atoms with van der Waals surface area (Å²) in [6.07, 6.45) is 4.87. The summed E-state index contributed by atoms with van der Waals surface area (Å²) in [5.41, 5.74) is 5.23. The van der Waals surface area contributed by atoms with Gasteiger partial charge >= 0.3 is 0 Å². The Labute approximate surface area is 85.2 Å². The van der Waals surface area contributed by atoms with Gasteiger partial charge in [-0.3, -0.25) is 9.79 Å². The summed E-state index contributed by atoms with van der Waals surface area (Å²) in [6.45, 7) is 3.70. The molecule has 4 nitrogen and oxygen atoms in total. The van der Waals surface area contributed by atoms with Crippen LogP contribution in [-0.4, -0.2) is 36.3 Å². The van der Waals surface area contributed by atoms with Crippen molar-refractivity contribution in [3.63, 3.8) is 0 Å². The molecule has 1 rings (SSSR count). The number of likely N-dealkylation sites (tertiary alicyclic amines) is 1. The molecule has 1 amide bonds. The molecule has 0 unspecified atom stereocenters. The maximum Gasteiger partial charge on any atom is 0.222 e. The average molecular weight is 197 g/mol. The Morgan fingerprint density at radius 2 is 2.21 bits per heavy atom. The monoisotopic (exact) mass is 197 g/mol. The number of amides is 1. The number of carbonyl (C=O) groups is 1. The predicted octanol–water partition coefficient (Wildman–Crippen LogP) is 0.765. The van der Waals surface area contributed by atoms with E-state index in [1.165, 1.54) is 6.34 Å². The highest BCUT2D eigenvalue weighted by Gasteiger charge is 2.20. The molecular weight excluding hydrogens is 178 g/mol. The van der Waals surface area contributed by atoms with E-state index in [-0.39, 0.29) is 5.91 Å². The molecule has 0 aromatic heterocycles. The third-order valence-corrected chi connectivity index (χ3v) is 2.58. The molecule has 0 atom stereocenters. The first kappa shape index (κ1) is 11.0. The molecule has 14 heavy (non-hydrogen) atoms. The van der Waals surface area contributed by atoms with Crippen molar-refractivity contribution >= 4 is 12.2 Å². The minimum absolute atomic E-state index is 0.280. The molecule has 0 aromatic rings. The van der Waals surface area contributed by atoms with Gasteiger partial charge in [0.25, 0.3) is 0 Å². The number of carbonyl (C=O) groups excluding carboxylic acids is 1. The molecule has 0 spiro atoms. The molecule has 1 saturated heterocycles. The maximum atomic E-state index is 11.5. The van der Waals surface area contributed by atoms with Gasteiger partial charge in [0, 0.05) is 19.5 Å². The van der Waals surface area contributed by atoms with Gasteiger partial charge in [-0.05, 0) is 19.3 Å². The average Bonchev–Trinajstić information content (AvgIpc) is 2.20. The fourth-order valence-corrected chi connectivity index (χ4v) is 1.76. The second-order valence-electron chi connectivity index (χ2n) is 3.66. The summed E-state index contributed by atoms with van der Waals surface area (Å²) in [7, 11) is 0. The molecule has 1 fully saturated rings. The number of piperidine rings is 1. The zero-order valence-corrected chi connectivity index (χ0v) is 8.78. The molecule has 4 heteroatoms. The van der Waals surface area contributed by atoms with E-state index in [4.69, 9.17) is 5.73 Å². The van der Waals surface area contributed by atoms with Crippen molar-refractivity contribution in [2.24, 2.45) is 10.7 Å². The normalized spacial score (nSPS) is 19.1. The van der Waals surface area contributed by atoms with Crippen LogP contribution in [-0.2, 0) is 4.79 Å². The van der Waals surface area contributed by atoms with Crippen LogP contribution in [0, 0.1) is 0 Å². The van der Waals surface area contributed by atoms with Gasteiger partial charge in [0.15, 0.2) is 0 Å². The van der Waals surface area contributed by atoms with Crippen LogP contribution in [0.1, 0.15) is 32.6 Å².